The molecule has 0 aromatic carbocycles. The molecule has 7 nitrogen and oxygen atoms in total. The van der Waals surface area contributed by atoms with Gasteiger partial charge in [-0.3, -0.25) is 0 Å². The standard InChI is InChI=1S/C11H16N4O3S/c1-2-10-12-6-11(14-10)19(17,18)15-5-3-4-9(7-15)13-8-16/h6,9H,2-5,7H2,1H3,(H,12,14). The van der Waals surface area contributed by atoms with Crippen LogP contribution in [0.1, 0.15) is 25.6 Å². The third-order valence-electron chi connectivity index (χ3n) is 3.15. The number of nitrogens with one attached hydrogen (secondary N) is 1. The highest BCUT2D eigenvalue weighted by Crippen LogP contribution is 2.20. The fourth-order valence-electron chi connectivity index (χ4n) is 2.11. The van der Waals surface area contributed by atoms with Crippen LogP contribution in [-0.4, -0.2) is 47.9 Å². The average molecular weight is 284 g/mol. The van der Waals surface area contributed by atoms with Crippen LogP contribution in [-0.2, 0) is 21.2 Å². The fraction of sp³-hybridized carbons (Fsp3) is 0.636. The quantitative estimate of drug-likeness (QED) is 0.642. The molecule has 0 saturated carbocycles. The summed E-state index contributed by atoms with van der Waals surface area (Å²) >= 11 is 0. The highest BCUT2D eigenvalue weighted by molar-refractivity contribution is 7.89. The van der Waals surface area contributed by atoms with Crippen LogP contribution in [0.4, 0.5) is 0 Å². The van der Waals surface area contributed by atoms with Gasteiger partial charge in [0.2, 0.25) is 6.08 Å². The van der Waals surface area contributed by atoms with Gasteiger partial charge >= 0.3 is 0 Å². The minimum absolute atomic E-state index is 0.0973. The number of carbonyl (C=O) groups excluding carboxylic acids is 1. The molecule has 1 N–H and O–H groups in total. The van der Waals surface area contributed by atoms with Crippen molar-refractivity contribution in [1.29, 1.82) is 0 Å². The molecule has 1 fully saturated rings. The number of isocyanates is 1. The SMILES string of the molecule is CCc1ncc(S(=O)(=O)N2CCCC(N=C=O)C2)[nH]1. The van der Waals surface area contributed by atoms with E-state index in [1.807, 2.05) is 6.92 Å². The number of imidazole rings is 1. The van der Waals surface area contributed by atoms with Crippen molar-refractivity contribution in [3.63, 3.8) is 0 Å². The second-order valence-electron chi connectivity index (χ2n) is 4.43. The Hall–Kier alpha value is -1.50. The summed E-state index contributed by atoms with van der Waals surface area (Å²) in [5.41, 5.74) is 0. The van der Waals surface area contributed by atoms with Crippen LogP contribution in [0.25, 0.3) is 0 Å². The molecule has 1 aromatic heterocycles. The first-order chi connectivity index (χ1) is 9.07. The zero-order valence-electron chi connectivity index (χ0n) is 10.7. The van der Waals surface area contributed by atoms with Gasteiger partial charge in [-0.05, 0) is 12.8 Å². The molecule has 19 heavy (non-hydrogen) atoms. The van der Waals surface area contributed by atoms with Crippen molar-refractivity contribution in [3.8, 4) is 0 Å². The summed E-state index contributed by atoms with van der Waals surface area (Å²) in [6, 6.07) is -0.297. The maximum absolute atomic E-state index is 12.4. The summed E-state index contributed by atoms with van der Waals surface area (Å²) in [6.45, 7) is 2.55. The van der Waals surface area contributed by atoms with E-state index in [9.17, 15) is 13.2 Å². The summed E-state index contributed by atoms with van der Waals surface area (Å²) in [7, 11) is -3.58. The Labute approximate surface area is 111 Å². The van der Waals surface area contributed by atoms with Gasteiger partial charge in [-0.15, -0.1) is 0 Å². The predicted octanol–water partition coefficient (Wildman–Crippen LogP) is 0.461. The second-order valence-corrected chi connectivity index (χ2v) is 6.33. The number of aromatic nitrogens is 2. The van der Waals surface area contributed by atoms with Crippen LogP contribution < -0.4 is 0 Å². The number of aromatic amines is 1. The van der Waals surface area contributed by atoms with E-state index < -0.39 is 10.0 Å². The van der Waals surface area contributed by atoms with Crippen molar-refractivity contribution in [2.24, 2.45) is 4.99 Å². The third kappa shape index (κ3) is 2.91. The van der Waals surface area contributed by atoms with Gasteiger partial charge < -0.3 is 4.98 Å². The number of rotatable bonds is 4. The largest absolute Gasteiger partial charge is 0.332 e. The van der Waals surface area contributed by atoms with Crippen LogP contribution in [0.15, 0.2) is 16.2 Å². The number of hydrogen-bond donors (Lipinski definition) is 1. The molecule has 0 spiro atoms. The molecule has 1 aromatic rings. The summed E-state index contributed by atoms with van der Waals surface area (Å²) in [5, 5.41) is 0.0973. The smallest absolute Gasteiger partial charge is 0.260 e. The minimum Gasteiger partial charge on any atom is -0.332 e. The predicted molar refractivity (Wildman–Crippen MR) is 67.9 cm³/mol. The lowest BCUT2D eigenvalue weighted by atomic mass is 10.1. The van der Waals surface area contributed by atoms with E-state index in [-0.39, 0.29) is 17.6 Å². The summed E-state index contributed by atoms with van der Waals surface area (Å²) in [5.74, 6) is 0.637. The van der Waals surface area contributed by atoms with Gasteiger partial charge in [0.1, 0.15) is 5.82 Å². The van der Waals surface area contributed by atoms with Crippen molar-refractivity contribution in [3.05, 3.63) is 12.0 Å². The molecule has 1 saturated heterocycles. The molecular weight excluding hydrogens is 268 g/mol. The first-order valence-corrected chi connectivity index (χ1v) is 7.63. The number of H-pyrrole nitrogens is 1. The van der Waals surface area contributed by atoms with Gasteiger partial charge in [0.05, 0.1) is 12.2 Å². The topological polar surface area (TPSA) is 95.5 Å². The van der Waals surface area contributed by atoms with Gasteiger partial charge in [-0.1, -0.05) is 6.92 Å². The Morgan fingerprint density at radius 1 is 1.63 bits per heavy atom. The lowest BCUT2D eigenvalue weighted by Crippen LogP contribution is -2.41. The van der Waals surface area contributed by atoms with Crippen LogP contribution in [0.5, 0.6) is 0 Å². The van der Waals surface area contributed by atoms with Crippen molar-refractivity contribution in [2.45, 2.75) is 37.3 Å². The van der Waals surface area contributed by atoms with Crippen LogP contribution in [0, 0.1) is 0 Å². The maximum Gasteiger partial charge on any atom is 0.260 e. The minimum atomic E-state index is -3.58. The lowest BCUT2D eigenvalue weighted by molar-refractivity contribution is 0.316. The molecule has 1 atom stereocenters. The van der Waals surface area contributed by atoms with E-state index in [1.54, 1.807) is 0 Å². The first-order valence-electron chi connectivity index (χ1n) is 6.19. The highest BCUT2D eigenvalue weighted by Gasteiger charge is 2.31. The van der Waals surface area contributed by atoms with Gasteiger partial charge in [0.15, 0.2) is 5.03 Å². The van der Waals surface area contributed by atoms with Crippen LogP contribution >= 0.6 is 0 Å². The van der Waals surface area contributed by atoms with E-state index in [4.69, 9.17) is 0 Å². The monoisotopic (exact) mass is 284 g/mol. The molecular formula is C11H16N4O3S. The number of aryl methyl sites for hydroxylation is 1. The summed E-state index contributed by atoms with van der Waals surface area (Å²) < 4.78 is 26.1. The Kier molecular flexibility index (Phi) is 4.14. The normalized spacial score (nSPS) is 21.0. The van der Waals surface area contributed by atoms with E-state index in [2.05, 4.69) is 15.0 Å². The Morgan fingerprint density at radius 2 is 2.42 bits per heavy atom. The number of hydrogen-bond acceptors (Lipinski definition) is 5. The maximum atomic E-state index is 12.4. The van der Waals surface area contributed by atoms with Gasteiger partial charge in [-0.2, -0.15) is 4.31 Å². The molecule has 0 aliphatic carbocycles. The zero-order chi connectivity index (χ0) is 13.9. The van der Waals surface area contributed by atoms with E-state index >= 15 is 0 Å². The molecule has 2 rings (SSSR count). The van der Waals surface area contributed by atoms with Crippen molar-refractivity contribution in [2.75, 3.05) is 13.1 Å². The Bertz CT molecular complexity index is 589. The third-order valence-corrected chi connectivity index (χ3v) is 4.93. The lowest BCUT2D eigenvalue weighted by Gasteiger charge is -2.28. The summed E-state index contributed by atoms with van der Waals surface area (Å²) in [6.07, 6.45) is 4.87. The van der Waals surface area contributed by atoms with Crippen molar-refractivity contribution in [1.82, 2.24) is 14.3 Å². The molecule has 104 valence electrons. The number of piperidine rings is 1. The zero-order valence-corrected chi connectivity index (χ0v) is 11.5. The number of sulfonamides is 1. The molecule has 0 amide bonds. The highest BCUT2D eigenvalue weighted by atomic mass is 32.2. The molecule has 8 heteroatoms. The molecule has 1 aliphatic rings. The Balaban J connectivity index is 2.21. The van der Waals surface area contributed by atoms with Gasteiger partial charge in [-0.25, -0.2) is 23.2 Å². The first kappa shape index (κ1) is 13.9. The average Bonchev–Trinajstić information content (AvgIpc) is 2.89. The summed E-state index contributed by atoms with van der Waals surface area (Å²) in [4.78, 5) is 20.7. The van der Waals surface area contributed by atoms with E-state index in [0.29, 0.717) is 31.6 Å². The van der Waals surface area contributed by atoms with Gasteiger partial charge in [0.25, 0.3) is 10.0 Å². The second kappa shape index (κ2) is 5.64. The van der Waals surface area contributed by atoms with Crippen molar-refractivity contribution < 1.29 is 13.2 Å². The van der Waals surface area contributed by atoms with Gasteiger partial charge in [0, 0.05) is 19.5 Å². The number of nitrogens with zero attached hydrogens (tertiary/aromatic N) is 3. The van der Waals surface area contributed by atoms with Crippen molar-refractivity contribution >= 4 is 16.1 Å². The molecule has 0 bridgehead atoms. The van der Waals surface area contributed by atoms with Crippen LogP contribution in [0.2, 0.25) is 0 Å². The molecule has 1 aliphatic heterocycles. The molecule has 2 heterocycles. The fourth-order valence-corrected chi connectivity index (χ4v) is 3.56. The van der Waals surface area contributed by atoms with E-state index in [1.165, 1.54) is 16.6 Å². The molecule has 0 radical (unpaired) electrons. The Morgan fingerprint density at radius 3 is 3.05 bits per heavy atom. The number of aliphatic imine (C=N–C) groups is 1. The van der Waals surface area contributed by atoms with E-state index in [0.717, 1.165) is 0 Å². The molecule has 1 unspecified atom stereocenters. The van der Waals surface area contributed by atoms with Crippen LogP contribution in [0.3, 0.4) is 0 Å².